The highest BCUT2D eigenvalue weighted by atomic mass is 14.9. The molecule has 29 heavy (non-hydrogen) atoms. The molecule has 1 rings (SSSR count). The van der Waals surface area contributed by atoms with Gasteiger partial charge in [-0.3, -0.25) is 0 Å². The van der Waals surface area contributed by atoms with Crippen LogP contribution in [-0.2, 0) is 13.0 Å². The van der Waals surface area contributed by atoms with Crippen molar-refractivity contribution in [1.82, 2.24) is 0 Å². The van der Waals surface area contributed by atoms with Crippen molar-refractivity contribution < 1.29 is 4.57 Å². The highest BCUT2D eigenvalue weighted by molar-refractivity contribution is 5.05. The minimum Gasteiger partial charge on any atom is -0.205 e. The van der Waals surface area contributed by atoms with E-state index in [4.69, 9.17) is 0 Å². The van der Waals surface area contributed by atoms with E-state index in [-0.39, 0.29) is 0 Å². The van der Waals surface area contributed by atoms with Gasteiger partial charge in [0.15, 0.2) is 12.4 Å². The molecule has 0 aromatic carbocycles. The first-order chi connectivity index (χ1) is 14.4. The monoisotopic (exact) mass is 402 g/mol. The molecule has 0 aliphatic heterocycles. The predicted molar refractivity (Wildman–Crippen MR) is 129 cm³/mol. The zero-order valence-corrected chi connectivity index (χ0v) is 20.1. The molecule has 0 aliphatic carbocycles. The third-order valence-corrected chi connectivity index (χ3v) is 6.26. The molecule has 0 saturated heterocycles. The first-order valence-electron chi connectivity index (χ1n) is 13.3. The maximum atomic E-state index is 2.41. The SMILES string of the molecule is CCCCCCCCCCCCCCCCC[n+]1cccc(CCCCCC)c1. The van der Waals surface area contributed by atoms with Gasteiger partial charge in [0.1, 0.15) is 6.54 Å². The van der Waals surface area contributed by atoms with Gasteiger partial charge >= 0.3 is 0 Å². The van der Waals surface area contributed by atoms with Gasteiger partial charge in [-0.1, -0.05) is 117 Å². The van der Waals surface area contributed by atoms with Gasteiger partial charge in [0.25, 0.3) is 0 Å². The van der Waals surface area contributed by atoms with Crippen LogP contribution >= 0.6 is 0 Å². The summed E-state index contributed by atoms with van der Waals surface area (Å²) in [6.45, 7) is 5.78. The summed E-state index contributed by atoms with van der Waals surface area (Å²) >= 11 is 0. The average molecular weight is 403 g/mol. The standard InChI is InChI=1S/C28H52N/c1-3-5-7-9-10-11-12-13-14-15-16-17-18-19-21-25-29-26-22-24-28(27-29)23-20-8-6-4-2/h22,24,26-27H,3-21,23,25H2,1-2H3/q+1. The van der Waals surface area contributed by atoms with Gasteiger partial charge < -0.3 is 0 Å². The minimum atomic E-state index is 1.20. The van der Waals surface area contributed by atoms with E-state index in [1.165, 1.54) is 141 Å². The maximum absolute atomic E-state index is 2.41. The fourth-order valence-corrected chi connectivity index (χ4v) is 4.28. The minimum absolute atomic E-state index is 1.20. The molecule has 0 aliphatic rings. The Labute approximate surface area is 183 Å². The second-order valence-corrected chi connectivity index (χ2v) is 9.21. The molecule has 168 valence electrons. The summed E-state index contributed by atoms with van der Waals surface area (Å²) in [5.41, 5.74) is 1.52. The molecule has 1 heterocycles. The first kappa shape index (κ1) is 26.2. The number of aryl methyl sites for hydroxylation is 2. The molecule has 0 atom stereocenters. The molecule has 0 radical (unpaired) electrons. The van der Waals surface area contributed by atoms with Crippen molar-refractivity contribution in [2.75, 3.05) is 0 Å². The molecular formula is C28H52N+. The molecule has 1 heteroatoms. The Bertz CT molecular complexity index is 453. The van der Waals surface area contributed by atoms with Crippen LogP contribution < -0.4 is 4.57 Å². The van der Waals surface area contributed by atoms with Gasteiger partial charge in [-0.15, -0.1) is 0 Å². The number of aromatic nitrogens is 1. The van der Waals surface area contributed by atoms with Crippen molar-refractivity contribution >= 4 is 0 Å². The Morgan fingerprint density at radius 1 is 0.552 bits per heavy atom. The van der Waals surface area contributed by atoms with E-state index >= 15 is 0 Å². The van der Waals surface area contributed by atoms with Crippen LogP contribution in [0.1, 0.15) is 141 Å². The lowest BCUT2D eigenvalue weighted by Crippen LogP contribution is -2.33. The Morgan fingerprint density at radius 3 is 1.52 bits per heavy atom. The van der Waals surface area contributed by atoms with Gasteiger partial charge in [-0.25, -0.2) is 4.57 Å². The Hall–Kier alpha value is -0.850. The fourth-order valence-electron chi connectivity index (χ4n) is 4.28. The highest BCUT2D eigenvalue weighted by Crippen LogP contribution is 2.13. The molecule has 0 fully saturated rings. The van der Waals surface area contributed by atoms with Gasteiger partial charge in [0.2, 0.25) is 0 Å². The smallest absolute Gasteiger partial charge is 0.171 e. The van der Waals surface area contributed by atoms with E-state index in [1.807, 2.05) is 0 Å². The lowest BCUT2D eigenvalue weighted by atomic mass is 10.0. The Morgan fingerprint density at radius 2 is 1.00 bits per heavy atom. The molecule has 1 aromatic rings. The Kier molecular flexibility index (Phi) is 18.4. The van der Waals surface area contributed by atoms with Crippen molar-refractivity contribution in [3.8, 4) is 0 Å². The van der Waals surface area contributed by atoms with E-state index in [2.05, 4.69) is 42.9 Å². The van der Waals surface area contributed by atoms with Crippen LogP contribution in [0.25, 0.3) is 0 Å². The summed E-state index contributed by atoms with van der Waals surface area (Å²) in [4.78, 5) is 0. The number of pyridine rings is 1. The van der Waals surface area contributed by atoms with Gasteiger partial charge in [0.05, 0.1) is 0 Å². The number of rotatable bonds is 21. The molecule has 0 amide bonds. The highest BCUT2D eigenvalue weighted by Gasteiger charge is 2.03. The van der Waals surface area contributed by atoms with Crippen LogP contribution in [0, 0.1) is 0 Å². The van der Waals surface area contributed by atoms with Crippen molar-refractivity contribution in [1.29, 1.82) is 0 Å². The van der Waals surface area contributed by atoms with Crippen LogP contribution in [0.4, 0.5) is 0 Å². The lowest BCUT2D eigenvalue weighted by molar-refractivity contribution is -0.697. The molecule has 0 bridgehead atoms. The predicted octanol–water partition coefficient (Wildman–Crippen LogP) is 8.97. The molecule has 0 saturated carbocycles. The fraction of sp³-hybridized carbons (Fsp3) is 0.821. The number of nitrogens with zero attached hydrogens (tertiary/aromatic N) is 1. The van der Waals surface area contributed by atoms with Crippen molar-refractivity contribution in [3.63, 3.8) is 0 Å². The molecule has 0 N–H and O–H groups in total. The van der Waals surface area contributed by atoms with E-state index in [0.717, 1.165) is 0 Å². The van der Waals surface area contributed by atoms with Crippen LogP contribution in [0.2, 0.25) is 0 Å². The van der Waals surface area contributed by atoms with Crippen molar-refractivity contribution in [2.45, 2.75) is 149 Å². The molecular weight excluding hydrogens is 350 g/mol. The second kappa shape index (κ2) is 20.4. The maximum Gasteiger partial charge on any atom is 0.171 e. The number of unbranched alkanes of at least 4 members (excludes halogenated alkanes) is 17. The molecule has 1 aromatic heterocycles. The zero-order valence-electron chi connectivity index (χ0n) is 20.1. The summed E-state index contributed by atoms with van der Waals surface area (Å²) in [5.74, 6) is 0. The largest absolute Gasteiger partial charge is 0.205 e. The number of hydrogen-bond acceptors (Lipinski definition) is 0. The quantitative estimate of drug-likeness (QED) is 0.143. The van der Waals surface area contributed by atoms with Crippen LogP contribution in [-0.4, -0.2) is 0 Å². The van der Waals surface area contributed by atoms with Gasteiger partial charge in [0, 0.05) is 18.1 Å². The number of hydrogen-bond donors (Lipinski definition) is 0. The van der Waals surface area contributed by atoms with E-state index in [0.29, 0.717) is 0 Å². The normalized spacial score (nSPS) is 11.2. The summed E-state index contributed by atoms with van der Waals surface area (Å²) in [6, 6.07) is 4.54. The van der Waals surface area contributed by atoms with E-state index in [9.17, 15) is 0 Å². The van der Waals surface area contributed by atoms with Crippen LogP contribution in [0.15, 0.2) is 24.5 Å². The zero-order chi connectivity index (χ0) is 20.8. The van der Waals surface area contributed by atoms with Crippen molar-refractivity contribution in [3.05, 3.63) is 30.1 Å². The Balaban J connectivity index is 1.88. The third kappa shape index (κ3) is 16.6. The second-order valence-electron chi connectivity index (χ2n) is 9.21. The van der Waals surface area contributed by atoms with E-state index in [1.54, 1.807) is 0 Å². The molecule has 0 unspecified atom stereocenters. The van der Waals surface area contributed by atoms with E-state index < -0.39 is 0 Å². The van der Waals surface area contributed by atoms with Crippen LogP contribution in [0.3, 0.4) is 0 Å². The summed E-state index contributed by atoms with van der Waals surface area (Å²) in [5, 5.41) is 0. The summed E-state index contributed by atoms with van der Waals surface area (Å²) in [7, 11) is 0. The molecule has 0 spiro atoms. The third-order valence-electron chi connectivity index (χ3n) is 6.26. The van der Waals surface area contributed by atoms with Crippen LogP contribution in [0.5, 0.6) is 0 Å². The van der Waals surface area contributed by atoms with Crippen molar-refractivity contribution in [2.24, 2.45) is 0 Å². The summed E-state index contributed by atoms with van der Waals surface area (Å²) in [6.07, 6.45) is 32.9. The van der Waals surface area contributed by atoms with Gasteiger partial charge in [-0.2, -0.15) is 0 Å². The lowest BCUT2D eigenvalue weighted by Gasteiger charge is -2.03. The van der Waals surface area contributed by atoms with Gasteiger partial charge in [-0.05, 0) is 25.3 Å². The molecule has 1 nitrogen and oxygen atoms in total. The first-order valence-corrected chi connectivity index (χ1v) is 13.3. The topological polar surface area (TPSA) is 3.88 Å². The average Bonchev–Trinajstić information content (AvgIpc) is 2.74. The summed E-state index contributed by atoms with van der Waals surface area (Å²) < 4.78 is 2.41.